The highest BCUT2D eigenvalue weighted by Crippen LogP contribution is 2.33. The maximum Gasteiger partial charge on any atom is 0.336 e. The second-order valence-corrected chi connectivity index (χ2v) is 5.66. The van der Waals surface area contributed by atoms with E-state index in [0.29, 0.717) is 31.1 Å². The van der Waals surface area contributed by atoms with Crippen LogP contribution < -0.4 is 25.2 Å². The van der Waals surface area contributed by atoms with Crippen LogP contribution in [-0.2, 0) is 6.54 Å². The fraction of sp³-hybridized carbons (Fsp3) is 0.211. The summed E-state index contributed by atoms with van der Waals surface area (Å²) in [5, 5.41) is 4.18. The molecule has 128 valence electrons. The Morgan fingerprint density at radius 2 is 1.88 bits per heavy atom. The van der Waals surface area contributed by atoms with Crippen LogP contribution in [0.2, 0.25) is 0 Å². The molecular formula is C19H17NO5. The molecule has 0 saturated heterocycles. The van der Waals surface area contributed by atoms with E-state index in [1.807, 2.05) is 30.3 Å². The summed E-state index contributed by atoms with van der Waals surface area (Å²) in [5.74, 6) is 2.11. The van der Waals surface area contributed by atoms with E-state index in [0.717, 1.165) is 28.1 Å². The van der Waals surface area contributed by atoms with Gasteiger partial charge in [-0.25, -0.2) is 4.79 Å². The summed E-state index contributed by atoms with van der Waals surface area (Å²) in [6, 6.07) is 12.6. The monoisotopic (exact) mass is 339 g/mol. The molecule has 6 nitrogen and oxygen atoms in total. The Morgan fingerprint density at radius 1 is 1.04 bits per heavy atom. The smallest absolute Gasteiger partial charge is 0.336 e. The van der Waals surface area contributed by atoms with E-state index in [2.05, 4.69) is 5.32 Å². The molecule has 3 aromatic rings. The van der Waals surface area contributed by atoms with Crippen molar-refractivity contribution in [2.24, 2.45) is 0 Å². The van der Waals surface area contributed by atoms with Crippen LogP contribution in [0.5, 0.6) is 17.2 Å². The summed E-state index contributed by atoms with van der Waals surface area (Å²) in [5.41, 5.74) is 1.86. The molecular weight excluding hydrogens is 322 g/mol. The minimum absolute atomic E-state index is 0.389. The van der Waals surface area contributed by atoms with Crippen molar-refractivity contribution in [3.8, 4) is 17.2 Å². The Hall–Kier alpha value is -3.15. The Labute approximate surface area is 143 Å². The zero-order chi connectivity index (χ0) is 17.2. The lowest BCUT2D eigenvalue weighted by atomic mass is 10.1. The molecule has 1 aliphatic rings. The van der Waals surface area contributed by atoms with Gasteiger partial charge in [-0.1, -0.05) is 0 Å². The lowest BCUT2D eigenvalue weighted by molar-refractivity contribution is 0.171. The van der Waals surface area contributed by atoms with E-state index in [1.165, 1.54) is 6.07 Å². The number of fused-ring (bicyclic) bond motifs is 2. The summed E-state index contributed by atoms with van der Waals surface area (Å²) < 4.78 is 21.6. The lowest BCUT2D eigenvalue weighted by Crippen LogP contribution is -2.15. The summed E-state index contributed by atoms with van der Waals surface area (Å²) in [4.78, 5) is 11.8. The van der Waals surface area contributed by atoms with E-state index >= 15 is 0 Å². The molecule has 0 radical (unpaired) electrons. The number of hydrogen-bond acceptors (Lipinski definition) is 6. The Bertz CT molecular complexity index is 979. The number of anilines is 1. The third-order valence-electron chi connectivity index (χ3n) is 4.06. The number of nitrogens with one attached hydrogen (secondary N) is 1. The van der Waals surface area contributed by atoms with Crippen LogP contribution in [0.4, 0.5) is 5.69 Å². The highest BCUT2D eigenvalue weighted by atomic mass is 16.6. The molecule has 1 aliphatic heterocycles. The molecule has 1 N–H and O–H groups in total. The van der Waals surface area contributed by atoms with E-state index in [9.17, 15) is 4.79 Å². The van der Waals surface area contributed by atoms with Gasteiger partial charge in [0.15, 0.2) is 11.5 Å². The van der Waals surface area contributed by atoms with Crippen molar-refractivity contribution in [1.29, 1.82) is 0 Å². The van der Waals surface area contributed by atoms with Crippen molar-refractivity contribution in [3.05, 3.63) is 58.4 Å². The van der Waals surface area contributed by atoms with Gasteiger partial charge in [0.05, 0.1) is 7.11 Å². The first-order valence-corrected chi connectivity index (χ1v) is 7.97. The first-order chi connectivity index (χ1) is 12.2. The van der Waals surface area contributed by atoms with E-state index < -0.39 is 0 Å². The zero-order valence-corrected chi connectivity index (χ0v) is 13.7. The van der Waals surface area contributed by atoms with Gasteiger partial charge in [0, 0.05) is 35.8 Å². The van der Waals surface area contributed by atoms with E-state index in [1.54, 1.807) is 13.2 Å². The predicted molar refractivity (Wildman–Crippen MR) is 93.8 cm³/mol. The molecule has 2 heterocycles. The molecule has 0 amide bonds. The van der Waals surface area contributed by atoms with E-state index in [-0.39, 0.29) is 5.63 Å². The summed E-state index contributed by atoms with van der Waals surface area (Å²) in [7, 11) is 1.58. The molecule has 0 saturated carbocycles. The molecule has 1 aromatic heterocycles. The first kappa shape index (κ1) is 15.4. The Kier molecular flexibility index (Phi) is 3.93. The van der Waals surface area contributed by atoms with Crippen molar-refractivity contribution in [1.82, 2.24) is 0 Å². The van der Waals surface area contributed by atoms with Gasteiger partial charge in [0.25, 0.3) is 0 Å². The van der Waals surface area contributed by atoms with Crippen molar-refractivity contribution in [2.45, 2.75) is 6.54 Å². The first-order valence-electron chi connectivity index (χ1n) is 7.97. The number of methoxy groups -OCH3 is 1. The minimum Gasteiger partial charge on any atom is -0.497 e. The molecule has 0 atom stereocenters. The molecule has 25 heavy (non-hydrogen) atoms. The largest absolute Gasteiger partial charge is 0.497 e. The standard InChI is InChI=1S/C19H17NO5/c1-22-14-3-4-15-12(8-19(21)25-17(15)10-14)11-20-13-2-5-16-18(9-13)24-7-6-23-16/h2-5,8-10,20H,6-7,11H2,1H3. The molecule has 0 spiro atoms. The van der Waals surface area contributed by atoms with Crippen molar-refractivity contribution < 1.29 is 18.6 Å². The Morgan fingerprint density at radius 3 is 2.72 bits per heavy atom. The van der Waals surface area contributed by atoms with Gasteiger partial charge in [0.2, 0.25) is 0 Å². The molecule has 2 aromatic carbocycles. The molecule has 0 unspecified atom stereocenters. The van der Waals surface area contributed by atoms with Crippen molar-refractivity contribution in [3.63, 3.8) is 0 Å². The van der Waals surface area contributed by atoms with Crippen LogP contribution in [0.3, 0.4) is 0 Å². The van der Waals surface area contributed by atoms with Crippen LogP contribution in [-0.4, -0.2) is 20.3 Å². The van der Waals surface area contributed by atoms with Gasteiger partial charge in [0.1, 0.15) is 24.5 Å². The van der Waals surface area contributed by atoms with E-state index in [4.69, 9.17) is 18.6 Å². The average molecular weight is 339 g/mol. The highest BCUT2D eigenvalue weighted by Gasteiger charge is 2.12. The quantitative estimate of drug-likeness (QED) is 0.736. The highest BCUT2D eigenvalue weighted by molar-refractivity contribution is 5.81. The lowest BCUT2D eigenvalue weighted by Gasteiger charge is -2.19. The van der Waals surface area contributed by atoms with Crippen molar-refractivity contribution in [2.75, 3.05) is 25.6 Å². The van der Waals surface area contributed by atoms with Gasteiger partial charge in [-0.05, 0) is 29.8 Å². The fourth-order valence-electron chi connectivity index (χ4n) is 2.83. The number of benzene rings is 2. The average Bonchev–Trinajstić information content (AvgIpc) is 2.65. The summed E-state index contributed by atoms with van der Waals surface area (Å²) in [6.45, 7) is 1.59. The maximum atomic E-state index is 11.8. The van der Waals surface area contributed by atoms with Crippen LogP contribution in [0.25, 0.3) is 11.0 Å². The zero-order valence-electron chi connectivity index (χ0n) is 13.7. The second-order valence-electron chi connectivity index (χ2n) is 5.66. The van der Waals surface area contributed by atoms with Crippen LogP contribution >= 0.6 is 0 Å². The predicted octanol–water partition coefficient (Wildman–Crippen LogP) is 3.18. The Balaban J connectivity index is 1.61. The minimum atomic E-state index is -0.389. The third-order valence-corrected chi connectivity index (χ3v) is 4.06. The fourth-order valence-corrected chi connectivity index (χ4v) is 2.83. The SMILES string of the molecule is COc1ccc2c(CNc3ccc4c(c3)OCCO4)cc(=O)oc2c1. The van der Waals surface area contributed by atoms with Crippen LogP contribution in [0.15, 0.2) is 51.7 Å². The van der Waals surface area contributed by atoms with Gasteiger partial charge in [-0.3, -0.25) is 0 Å². The third kappa shape index (κ3) is 3.10. The molecule has 0 fully saturated rings. The normalized spacial score (nSPS) is 12.8. The number of rotatable bonds is 4. The van der Waals surface area contributed by atoms with Gasteiger partial charge >= 0.3 is 5.63 Å². The molecule has 4 rings (SSSR count). The topological polar surface area (TPSA) is 69.9 Å². The summed E-state index contributed by atoms with van der Waals surface area (Å²) in [6.07, 6.45) is 0. The van der Waals surface area contributed by atoms with Gasteiger partial charge in [-0.2, -0.15) is 0 Å². The molecule has 6 heteroatoms. The number of hydrogen-bond donors (Lipinski definition) is 1. The second kappa shape index (κ2) is 6.39. The molecule has 0 bridgehead atoms. The van der Waals surface area contributed by atoms with Crippen LogP contribution in [0, 0.1) is 0 Å². The van der Waals surface area contributed by atoms with Crippen molar-refractivity contribution >= 4 is 16.7 Å². The van der Waals surface area contributed by atoms with Crippen LogP contribution in [0.1, 0.15) is 5.56 Å². The molecule has 0 aliphatic carbocycles. The van der Waals surface area contributed by atoms with Gasteiger partial charge < -0.3 is 23.9 Å². The number of ether oxygens (including phenoxy) is 3. The van der Waals surface area contributed by atoms with Gasteiger partial charge in [-0.15, -0.1) is 0 Å². The maximum absolute atomic E-state index is 11.8. The summed E-state index contributed by atoms with van der Waals surface area (Å²) >= 11 is 0.